The summed E-state index contributed by atoms with van der Waals surface area (Å²) in [5.41, 5.74) is 6.60. The van der Waals surface area contributed by atoms with Crippen molar-refractivity contribution in [2.24, 2.45) is 4.99 Å². The van der Waals surface area contributed by atoms with Crippen LogP contribution in [0.1, 0.15) is 41.6 Å². The van der Waals surface area contributed by atoms with Crippen molar-refractivity contribution < 1.29 is 9.47 Å². The third kappa shape index (κ3) is 4.26. The SMILES string of the molecule is CCOc1ccc(/C=c2\sc3n(c2=O)[C@H](c2ccc(Br)cc2)C2=C(N=3)c3ccccc3CC2)cc1OC. The van der Waals surface area contributed by atoms with Crippen LogP contribution in [0, 0.1) is 0 Å². The first-order valence-electron chi connectivity index (χ1n) is 12.3. The maximum absolute atomic E-state index is 13.9. The molecular formula is C30H25BrN2O3S. The van der Waals surface area contributed by atoms with Crippen LogP contribution in [-0.4, -0.2) is 18.3 Å². The van der Waals surface area contributed by atoms with Crippen LogP contribution in [0.25, 0.3) is 11.8 Å². The van der Waals surface area contributed by atoms with E-state index in [9.17, 15) is 4.79 Å². The number of methoxy groups -OCH3 is 1. The first kappa shape index (κ1) is 23.9. The standard InChI is InChI=1S/C30H25BrN2O3S/c1-3-36-24-15-8-18(16-25(24)35-2)17-26-29(34)33-28(20-9-12-21(31)13-10-20)23-14-11-19-6-4-5-7-22(19)27(23)32-30(33)37-26/h4-10,12-13,15-17,28H,3,11,14H2,1-2H3/b26-17-/t28-/m1/s1. The molecule has 2 aliphatic rings. The van der Waals surface area contributed by atoms with Gasteiger partial charge in [0.05, 0.1) is 30.0 Å². The lowest BCUT2D eigenvalue weighted by Crippen LogP contribution is -2.38. The van der Waals surface area contributed by atoms with Crippen LogP contribution in [-0.2, 0) is 6.42 Å². The minimum atomic E-state index is -0.190. The van der Waals surface area contributed by atoms with Crippen molar-refractivity contribution in [3.05, 3.63) is 119 Å². The van der Waals surface area contributed by atoms with Gasteiger partial charge in [0.25, 0.3) is 5.56 Å². The monoisotopic (exact) mass is 572 g/mol. The Hall–Kier alpha value is -3.42. The summed E-state index contributed by atoms with van der Waals surface area (Å²) in [6.07, 6.45) is 3.72. The summed E-state index contributed by atoms with van der Waals surface area (Å²) in [5, 5.41) is 0. The Kier molecular flexibility index (Phi) is 6.34. The molecule has 1 aliphatic carbocycles. The molecule has 6 rings (SSSR count). The first-order chi connectivity index (χ1) is 18.1. The van der Waals surface area contributed by atoms with Crippen LogP contribution in [0.4, 0.5) is 0 Å². The average Bonchev–Trinajstić information content (AvgIpc) is 3.23. The van der Waals surface area contributed by atoms with Gasteiger partial charge in [-0.2, -0.15) is 0 Å². The van der Waals surface area contributed by atoms with Crippen LogP contribution in [0.2, 0.25) is 0 Å². The van der Waals surface area contributed by atoms with E-state index in [2.05, 4.69) is 52.3 Å². The van der Waals surface area contributed by atoms with E-state index in [1.165, 1.54) is 28.0 Å². The van der Waals surface area contributed by atoms with Crippen LogP contribution in [0.15, 0.2) is 86.6 Å². The second-order valence-corrected chi connectivity index (χ2v) is 10.9. The zero-order valence-corrected chi connectivity index (χ0v) is 22.9. The minimum Gasteiger partial charge on any atom is -0.493 e. The molecule has 0 saturated carbocycles. The quantitative estimate of drug-likeness (QED) is 0.318. The molecule has 2 heterocycles. The molecule has 1 aromatic heterocycles. The molecule has 186 valence electrons. The van der Waals surface area contributed by atoms with Crippen LogP contribution < -0.4 is 24.4 Å². The number of ether oxygens (including phenoxy) is 2. The molecule has 0 radical (unpaired) electrons. The minimum absolute atomic E-state index is 0.0325. The molecule has 7 heteroatoms. The van der Waals surface area contributed by atoms with E-state index in [4.69, 9.17) is 14.5 Å². The normalized spacial score (nSPS) is 16.5. The highest BCUT2D eigenvalue weighted by Crippen LogP contribution is 2.41. The number of allylic oxidation sites excluding steroid dienone is 1. The molecule has 0 saturated heterocycles. The van der Waals surface area contributed by atoms with Crippen molar-refractivity contribution in [3.8, 4) is 11.5 Å². The van der Waals surface area contributed by atoms with Gasteiger partial charge in [-0.15, -0.1) is 0 Å². The molecule has 0 spiro atoms. The summed E-state index contributed by atoms with van der Waals surface area (Å²) < 4.78 is 14.7. The van der Waals surface area contributed by atoms with Crippen molar-refractivity contribution in [2.75, 3.05) is 13.7 Å². The predicted molar refractivity (Wildman–Crippen MR) is 151 cm³/mol. The molecular weight excluding hydrogens is 548 g/mol. The number of fused-ring (bicyclic) bond motifs is 3. The Morgan fingerprint density at radius 2 is 1.89 bits per heavy atom. The Balaban J connectivity index is 1.56. The van der Waals surface area contributed by atoms with Crippen molar-refractivity contribution >= 4 is 39.0 Å². The molecule has 3 aromatic carbocycles. The van der Waals surface area contributed by atoms with Crippen LogP contribution in [0.5, 0.6) is 11.5 Å². The molecule has 4 aromatic rings. The number of hydrogen-bond donors (Lipinski definition) is 0. The fraction of sp³-hybridized carbons (Fsp3) is 0.200. The Morgan fingerprint density at radius 1 is 1.08 bits per heavy atom. The number of thiazole rings is 1. The highest BCUT2D eigenvalue weighted by Gasteiger charge is 2.32. The molecule has 0 unspecified atom stereocenters. The van der Waals surface area contributed by atoms with E-state index in [0.717, 1.165) is 38.9 Å². The van der Waals surface area contributed by atoms with E-state index in [1.54, 1.807) is 7.11 Å². The topological polar surface area (TPSA) is 52.8 Å². The summed E-state index contributed by atoms with van der Waals surface area (Å²) in [6, 6.07) is 22.3. The maximum Gasteiger partial charge on any atom is 0.271 e. The van der Waals surface area contributed by atoms with Crippen molar-refractivity contribution in [3.63, 3.8) is 0 Å². The number of aromatic nitrogens is 1. The lowest BCUT2D eigenvalue weighted by Gasteiger charge is -2.30. The Bertz CT molecular complexity index is 1720. The largest absolute Gasteiger partial charge is 0.493 e. The van der Waals surface area contributed by atoms with Crippen LogP contribution in [0.3, 0.4) is 0 Å². The fourth-order valence-corrected chi connectivity index (χ4v) is 6.43. The van der Waals surface area contributed by atoms with Gasteiger partial charge < -0.3 is 9.47 Å². The summed E-state index contributed by atoms with van der Waals surface area (Å²) in [6.45, 7) is 2.49. The Labute approximate surface area is 227 Å². The number of benzene rings is 3. The Morgan fingerprint density at radius 3 is 2.68 bits per heavy atom. The third-order valence-electron chi connectivity index (χ3n) is 6.84. The summed E-state index contributed by atoms with van der Waals surface area (Å²) in [5.74, 6) is 1.33. The van der Waals surface area contributed by atoms with Crippen molar-refractivity contribution in [1.82, 2.24) is 4.57 Å². The number of halogens is 1. The van der Waals surface area contributed by atoms with Gasteiger partial charge in [-0.3, -0.25) is 9.36 Å². The van der Waals surface area contributed by atoms with Gasteiger partial charge in [0.15, 0.2) is 16.3 Å². The van der Waals surface area contributed by atoms with Gasteiger partial charge in [-0.05, 0) is 72.4 Å². The van der Waals surface area contributed by atoms with E-state index >= 15 is 0 Å². The number of hydrogen-bond acceptors (Lipinski definition) is 5. The molecule has 0 amide bonds. The van der Waals surface area contributed by atoms with Gasteiger partial charge in [-0.1, -0.05) is 69.7 Å². The number of nitrogens with zero attached hydrogens (tertiary/aromatic N) is 2. The van der Waals surface area contributed by atoms with Gasteiger partial charge in [0, 0.05) is 10.0 Å². The van der Waals surface area contributed by atoms with Gasteiger partial charge in [0.1, 0.15) is 0 Å². The highest BCUT2D eigenvalue weighted by molar-refractivity contribution is 9.10. The van der Waals surface area contributed by atoms with E-state index in [-0.39, 0.29) is 11.6 Å². The van der Waals surface area contributed by atoms with Gasteiger partial charge in [-0.25, -0.2) is 4.99 Å². The third-order valence-corrected chi connectivity index (χ3v) is 8.36. The highest BCUT2D eigenvalue weighted by atomic mass is 79.9. The second kappa shape index (κ2) is 9.80. The van der Waals surface area contributed by atoms with Crippen LogP contribution >= 0.6 is 27.3 Å². The summed E-state index contributed by atoms with van der Waals surface area (Å²) in [7, 11) is 1.62. The van der Waals surface area contributed by atoms with E-state index < -0.39 is 0 Å². The molecule has 1 aliphatic heterocycles. The van der Waals surface area contributed by atoms with Crippen molar-refractivity contribution in [1.29, 1.82) is 0 Å². The maximum atomic E-state index is 13.9. The zero-order chi connectivity index (χ0) is 25.5. The molecule has 0 N–H and O–H groups in total. The zero-order valence-electron chi connectivity index (χ0n) is 20.5. The smallest absolute Gasteiger partial charge is 0.271 e. The predicted octanol–water partition coefficient (Wildman–Crippen LogP) is 5.49. The van der Waals surface area contributed by atoms with Gasteiger partial charge in [0.2, 0.25) is 0 Å². The molecule has 0 fully saturated rings. The van der Waals surface area contributed by atoms with Crippen molar-refractivity contribution in [2.45, 2.75) is 25.8 Å². The summed E-state index contributed by atoms with van der Waals surface area (Å²) in [4.78, 5) is 19.7. The number of aryl methyl sites for hydroxylation is 1. The molecule has 0 bridgehead atoms. The number of rotatable bonds is 5. The lowest BCUT2D eigenvalue weighted by molar-refractivity contribution is 0.311. The fourth-order valence-electron chi connectivity index (χ4n) is 5.17. The molecule has 37 heavy (non-hydrogen) atoms. The second-order valence-electron chi connectivity index (χ2n) is 9.01. The average molecular weight is 574 g/mol. The summed E-state index contributed by atoms with van der Waals surface area (Å²) >= 11 is 4.98. The van der Waals surface area contributed by atoms with E-state index in [0.29, 0.717) is 22.6 Å². The molecule has 1 atom stereocenters. The first-order valence-corrected chi connectivity index (χ1v) is 13.9. The lowest BCUT2D eigenvalue weighted by atomic mass is 9.83. The molecule has 5 nitrogen and oxygen atoms in total. The van der Waals surface area contributed by atoms with E-state index in [1.807, 2.05) is 47.9 Å². The van der Waals surface area contributed by atoms with Gasteiger partial charge >= 0.3 is 0 Å².